The Kier molecular flexibility index (Phi) is 7.78. The van der Waals surface area contributed by atoms with Gasteiger partial charge in [-0.2, -0.15) is 0 Å². The van der Waals surface area contributed by atoms with Crippen LogP contribution in [0.2, 0.25) is 0 Å². The fourth-order valence-electron chi connectivity index (χ4n) is 4.15. The van der Waals surface area contributed by atoms with E-state index in [4.69, 9.17) is 0 Å². The molecule has 1 fully saturated rings. The lowest BCUT2D eigenvalue weighted by Gasteiger charge is -2.32. The first-order chi connectivity index (χ1) is 12.3. The summed E-state index contributed by atoms with van der Waals surface area (Å²) in [5.74, 6) is 0.154. The second-order valence-corrected chi connectivity index (χ2v) is 7.77. The lowest BCUT2D eigenvalue weighted by atomic mass is 9.73. The van der Waals surface area contributed by atoms with Crippen molar-refractivity contribution in [3.05, 3.63) is 29.6 Å². The fraction of sp³-hybridized carbons (Fsp3) is 0.714. The molecule has 1 aliphatic carbocycles. The van der Waals surface area contributed by atoms with Gasteiger partial charge in [-0.1, -0.05) is 58.4 Å². The molecule has 1 saturated carbocycles. The lowest BCUT2D eigenvalue weighted by molar-refractivity contribution is -0.275. The molecular formula is C21H30F4O. The van der Waals surface area contributed by atoms with Crippen LogP contribution in [0.1, 0.15) is 70.8 Å². The molecule has 1 aromatic carbocycles. The second-order valence-electron chi connectivity index (χ2n) is 7.77. The Balaban J connectivity index is 1.82. The van der Waals surface area contributed by atoms with Crippen LogP contribution in [-0.4, -0.2) is 6.36 Å². The van der Waals surface area contributed by atoms with E-state index in [0.29, 0.717) is 18.3 Å². The van der Waals surface area contributed by atoms with Crippen LogP contribution in [0.4, 0.5) is 17.6 Å². The summed E-state index contributed by atoms with van der Waals surface area (Å²) in [4.78, 5) is 0. The standard InChI is InChI=1S/C21H30F4O/c1-3-4-5-6-16-7-10-18(11-8-16)15(2)13-17-9-12-20(19(22)14-17)26-21(23,24)25/h9,12,14-16,18H,3-8,10-11,13H2,1-2H3. The first-order valence-corrected chi connectivity index (χ1v) is 9.82. The van der Waals surface area contributed by atoms with Crippen LogP contribution in [0.15, 0.2) is 18.2 Å². The van der Waals surface area contributed by atoms with Crippen LogP contribution in [-0.2, 0) is 6.42 Å². The van der Waals surface area contributed by atoms with Crippen LogP contribution in [0.3, 0.4) is 0 Å². The van der Waals surface area contributed by atoms with Crippen molar-refractivity contribution in [1.29, 1.82) is 0 Å². The van der Waals surface area contributed by atoms with Gasteiger partial charge in [0.25, 0.3) is 0 Å². The molecule has 0 heterocycles. The number of unbranched alkanes of at least 4 members (excludes halogenated alkanes) is 2. The van der Waals surface area contributed by atoms with E-state index in [2.05, 4.69) is 18.6 Å². The molecule has 1 aliphatic rings. The Bertz CT molecular complexity index is 547. The van der Waals surface area contributed by atoms with Gasteiger partial charge in [-0.3, -0.25) is 0 Å². The quantitative estimate of drug-likeness (QED) is 0.343. The number of ether oxygens (including phenoxy) is 1. The predicted octanol–water partition coefficient (Wildman–Crippen LogP) is 7.29. The minimum Gasteiger partial charge on any atom is -0.403 e. The highest BCUT2D eigenvalue weighted by Crippen LogP contribution is 2.37. The predicted molar refractivity (Wildman–Crippen MR) is 95.5 cm³/mol. The van der Waals surface area contributed by atoms with E-state index in [0.717, 1.165) is 17.5 Å². The maximum Gasteiger partial charge on any atom is 0.573 e. The largest absolute Gasteiger partial charge is 0.573 e. The van der Waals surface area contributed by atoms with Crippen molar-refractivity contribution in [3.63, 3.8) is 0 Å². The summed E-state index contributed by atoms with van der Waals surface area (Å²) in [7, 11) is 0. The van der Waals surface area contributed by atoms with Crippen LogP contribution >= 0.6 is 0 Å². The van der Waals surface area contributed by atoms with E-state index in [1.807, 2.05) is 0 Å². The van der Waals surface area contributed by atoms with Crippen LogP contribution in [0.5, 0.6) is 5.75 Å². The summed E-state index contributed by atoms with van der Waals surface area (Å²) in [6.07, 6.45) is 6.00. The molecule has 0 aliphatic heterocycles. The fourth-order valence-corrected chi connectivity index (χ4v) is 4.15. The number of rotatable bonds is 8. The van der Waals surface area contributed by atoms with Crippen molar-refractivity contribution in [2.24, 2.45) is 17.8 Å². The summed E-state index contributed by atoms with van der Waals surface area (Å²) in [6, 6.07) is 3.79. The zero-order valence-electron chi connectivity index (χ0n) is 15.7. The minimum absolute atomic E-state index is 0.403. The highest BCUT2D eigenvalue weighted by Gasteiger charge is 2.32. The first kappa shape index (κ1) is 21.0. The minimum atomic E-state index is -4.87. The van der Waals surface area contributed by atoms with Gasteiger partial charge in [-0.25, -0.2) is 4.39 Å². The maximum absolute atomic E-state index is 13.8. The summed E-state index contributed by atoms with van der Waals surface area (Å²) in [5.41, 5.74) is 0.731. The second kappa shape index (κ2) is 9.61. The summed E-state index contributed by atoms with van der Waals surface area (Å²) < 4.78 is 54.2. The molecule has 1 unspecified atom stereocenters. The first-order valence-electron chi connectivity index (χ1n) is 9.82. The van der Waals surface area contributed by atoms with Gasteiger partial charge in [0.05, 0.1) is 0 Å². The molecule has 1 nitrogen and oxygen atoms in total. The van der Waals surface area contributed by atoms with E-state index in [-0.39, 0.29) is 0 Å². The smallest absolute Gasteiger partial charge is 0.403 e. The molecule has 0 N–H and O–H groups in total. The van der Waals surface area contributed by atoms with Crippen molar-refractivity contribution in [1.82, 2.24) is 0 Å². The number of hydrogen-bond acceptors (Lipinski definition) is 1. The van der Waals surface area contributed by atoms with Gasteiger partial charge in [0, 0.05) is 0 Å². The van der Waals surface area contributed by atoms with E-state index in [1.165, 1.54) is 63.5 Å². The Labute approximate surface area is 154 Å². The van der Waals surface area contributed by atoms with Gasteiger partial charge in [-0.15, -0.1) is 13.2 Å². The molecule has 2 rings (SSSR count). The molecule has 0 radical (unpaired) electrons. The lowest BCUT2D eigenvalue weighted by Crippen LogP contribution is -2.21. The average Bonchev–Trinajstić information content (AvgIpc) is 2.57. The molecule has 5 heteroatoms. The zero-order valence-corrected chi connectivity index (χ0v) is 15.7. The summed E-state index contributed by atoms with van der Waals surface area (Å²) in [6.45, 7) is 4.39. The van der Waals surface area contributed by atoms with E-state index >= 15 is 0 Å². The van der Waals surface area contributed by atoms with Crippen molar-refractivity contribution in [2.45, 2.75) is 78.0 Å². The van der Waals surface area contributed by atoms with Gasteiger partial charge in [-0.05, 0) is 54.7 Å². The highest BCUT2D eigenvalue weighted by molar-refractivity contribution is 5.29. The third-order valence-corrected chi connectivity index (χ3v) is 5.69. The molecule has 0 bridgehead atoms. The molecule has 0 saturated heterocycles. The van der Waals surface area contributed by atoms with Crippen molar-refractivity contribution in [3.8, 4) is 5.75 Å². The van der Waals surface area contributed by atoms with Gasteiger partial charge < -0.3 is 4.74 Å². The summed E-state index contributed by atoms with van der Waals surface area (Å²) in [5, 5.41) is 0. The van der Waals surface area contributed by atoms with E-state index in [9.17, 15) is 17.6 Å². The van der Waals surface area contributed by atoms with E-state index < -0.39 is 17.9 Å². The molecule has 26 heavy (non-hydrogen) atoms. The third-order valence-electron chi connectivity index (χ3n) is 5.69. The van der Waals surface area contributed by atoms with Crippen LogP contribution in [0, 0.1) is 23.6 Å². The Hall–Kier alpha value is -1.26. The maximum atomic E-state index is 13.8. The van der Waals surface area contributed by atoms with Gasteiger partial charge in [0.15, 0.2) is 11.6 Å². The average molecular weight is 374 g/mol. The number of benzene rings is 1. The zero-order chi connectivity index (χ0) is 19.2. The molecule has 0 spiro atoms. The van der Waals surface area contributed by atoms with Crippen LogP contribution in [0.25, 0.3) is 0 Å². The molecule has 1 aromatic rings. The SMILES string of the molecule is CCCCCC1CCC(C(C)Cc2ccc(OC(F)(F)F)c(F)c2)CC1. The van der Waals surface area contributed by atoms with Gasteiger partial charge >= 0.3 is 6.36 Å². The highest BCUT2D eigenvalue weighted by atomic mass is 19.4. The number of halogens is 4. The topological polar surface area (TPSA) is 9.23 Å². The number of alkyl halides is 3. The Morgan fingerprint density at radius 1 is 1.12 bits per heavy atom. The van der Waals surface area contributed by atoms with Gasteiger partial charge in [0.1, 0.15) is 0 Å². The Morgan fingerprint density at radius 3 is 2.38 bits per heavy atom. The summed E-state index contributed by atoms with van der Waals surface area (Å²) >= 11 is 0. The molecular weight excluding hydrogens is 344 g/mol. The third kappa shape index (κ3) is 6.81. The van der Waals surface area contributed by atoms with Gasteiger partial charge in [0.2, 0.25) is 0 Å². The van der Waals surface area contributed by atoms with Crippen LogP contribution < -0.4 is 4.74 Å². The monoisotopic (exact) mass is 374 g/mol. The number of hydrogen-bond donors (Lipinski definition) is 0. The van der Waals surface area contributed by atoms with Crippen molar-refractivity contribution >= 4 is 0 Å². The molecule has 0 amide bonds. The molecule has 148 valence electrons. The van der Waals surface area contributed by atoms with E-state index in [1.54, 1.807) is 0 Å². The molecule has 0 aromatic heterocycles. The van der Waals surface area contributed by atoms with Crippen molar-refractivity contribution in [2.75, 3.05) is 0 Å². The Morgan fingerprint density at radius 2 is 1.81 bits per heavy atom. The molecule has 1 atom stereocenters. The normalized spacial score (nSPS) is 22.2. The van der Waals surface area contributed by atoms with Crippen molar-refractivity contribution < 1.29 is 22.3 Å².